The Morgan fingerprint density at radius 1 is 1.24 bits per heavy atom. The fourth-order valence-corrected chi connectivity index (χ4v) is 1.95. The molecule has 0 aliphatic heterocycles. The number of nitrogens with one attached hydrogen (secondary N) is 1. The molecule has 110 valence electrons. The molecule has 0 aliphatic carbocycles. The summed E-state index contributed by atoms with van der Waals surface area (Å²) in [6, 6.07) is 9.50. The number of rotatable bonds is 4. The number of nitrogens with zero attached hydrogens (tertiary/aromatic N) is 3. The zero-order valence-electron chi connectivity index (χ0n) is 12.8. The van der Waals surface area contributed by atoms with E-state index in [0.29, 0.717) is 17.2 Å². The van der Waals surface area contributed by atoms with Crippen LogP contribution in [-0.4, -0.2) is 30.0 Å². The molecule has 0 saturated carbocycles. The summed E-state index contributed by atoms with van der Waals surface area (Å²) in [5.74, 6) is 0.679. The highest BCUT2D eigenvalue weighted by Crippen LogP contribution is 2.20. The molecule has 0 spiro atoms. The number of carbonyl (C=O) groups excluding carboxylic acids is 1. The Morgan fingerprint density at radius 3 is 2.48 bits per heavy atom. The molecular formula is C16H20N4O. The normalized spacial score (nSPS) is 10.5. The van der Waals surface area contributed by atoms with Crippen molar-refractivity contribution in [1.82, 2.24) is 9.97 Å². The highest BCUT2D eigenvalue weighted by Gasteiger charge is 2.20. The molecular weight excluding hydrogens is 264 g/mol. The van der Waals surface area contributed by atoms with Crippen LogP contribution in [0.1, 0.15) is 36.1 Å². The van der Waals surface area contributed by atoms with E-state index in [4.69, 9.17) is 0 Å². The Labute approximate surface area is 125 Å². The number of carbonyl (C=O) groups is 1. The van der Waals surface area contributed by atoms with Gasteiger partial charge in [0, 0.05) is 25.7 Å². The first-order valence-electron chi connectivity index (χ1n) is 6.92. The summed E-state index contributed by atoms with van der Waals surface area (Å²) < 4.78 is 0. The van der Waals surface area contributed by atoms with Crippen molar-refractivity contribution < 1.29 is 4.79 Å². The molecule has 0 fully saturated rings. The lowest BCUT2D eigenvalue weighted by atomic mass is 10.2. The second-order valence-corrected chi connectivity index (χ2v) is 5.09. The van der Waals surface area contributed by atoms with E-state index in [1.54, 1.807) is 25.2 Å². The van der Waals surface area contributed by atoms with Gasteiger partial charge in [-0.2, -0.15) is 0 Å². The Morgan fingerprint density at radius 2 is 1.90 bits per heavy atom. The number of para-hydroxylation sites is 1. The molecule has 0 saturated heterocycles. The molecule has 2 aromatic rings. The Balaban J connectivity index is 2.40. The molecule has 5 nitrogen and oxygen atoms in total. The Kier molecular flexibility index (Phi) is 4.52. The van der Waals surface area contributed by atoms with E-state index in [9.17, 15) is 4.79 Å². The lowest BCUT2D eigenvalue weighted by molar-refractivity contribution is 0.0988. The van der Waals surface area contributed by atoms with Gasteiger partial charge in [0.25, 0.3) is 5.91 Å². The molecule has 1 aromatic heterocycles. The van der Waals surface area contributed by atoms with Gasteiger partial charge >= 0.3 is 0 Å². The van der Waals surface area contributed by atoms with Crippen LogP contribution in [0.15, 0.2) is 36.5 Å². The molecule has 0 radical (unpaired) electrons. The third-order valence-electron chi connectivity index (χ3n) is 3.24. The van der Waals surface area contributed by atoms with Gasteiger partial charge in [0.1, 0.15) is 5.82 Å². The van der Waals surface area contributed by atoms with Gasteiger partial charge < -0.3 is 10.2 Å². The van der Waals surface area contributed by atoms with Crippen LogP contribution in [0.3, 0.4) is 0 Å². The zero-order valence-corrected chi connectivity index (χ0v) is 12.8. The second-order valence-electron chi connectivity index (χ2n) is 5.09. The van der Waals surface area contributed by atoms with E-state index in [-0.39, 0.29) is 11.8 Å². The number of hydrogen-bond acceptors (Lipinski definition) is 4. The predicted molar refractivity (Wildman–Crippen MR) is 84.8 cm³/mol. The van der Waals surface area contributed by atoms with Crippen molar-refractivity contribution in [1.29, 1.82) is 0 Å². The van der Waals surface area contributed by atoms with E-state index in [2.05, 4.69) is 15.3 Å². The summed E-state index contributed by atoms with van der Waals surface area (Å²) in [5, 5.41) is 2.98. The van der Waals surface area contributed by atoms with Gasteiger partial charge in [-0.3, -0.25) is 4.79 Å². The fraction of sp³-hybridized carbons (Fsp3) is 0.312. The van der Waals surface area contributed by atoms with Gasteiger partial charge in [-0.25, -0.2) is 9.97 Å². The van der Waals surface area contributed by atoms with Crippen LogP contribution in [0.4, 0.5) is 11.4 Å². The number of benzene rings is 1. The van der Waals surface area contributed by atoms with Crippen LogP contribution in [0, 0.1) is 0 Å². The van der Waals surface area contributed by atoms with Crippen LogP contribution in [0.2, 0.25) is 0 Å². The van der Waals surface area contributed by atoms with Crippen LogP contribution < -0.4 is 10.2 Å². The monoisotopic (exact) mass is 284 g/mol. The summed E-state index contributed by atoms with van der Waals surface area (Å²) in [6.07, 6.45) is 1.66. The third kappa shape index (κ3) is 3.18. The van der Waals surface area contributed by atoms with Gasteiger partial charge in [-0.1, -0.05) is 32.0 Å². The van der Waals surface area contributed by atoms with E-state index in [0.717, 1.165) is 5.69 Å². The lowest BCUT2D eigenvalue weighted by Crippen LogP contribution is -2.28. The first-order chi connectivity index (χ1) is 10.0. The van der Waals surface area contributed by atoms with Crippen LogP contribution in [0.5, 0.6) is 0 Å². The minimum absolute atomic E-state index is 0.158. The molecule has 0 bridgehead atoms. The minimum atomic E-state index is -0.158. The number of hydrogen-bond donors (Lipinski definition) is 1. The van der Waals surface area contributed by atoms with E-state index < -0.39 is 0 Å². The SMILES string of the molecule is CNc1cnc(C(C)C)nc1C(=O)N(C)c1ccccc1. The highest BCUT2D eigenvalue weighted by atomic mass is 16.2. The topological polar surface area (TPSA) is 58.1 Å². The van der Waals surface area contributed by atoms with Gasteiger partial charge in [0.15, 0.2) is 5.69 Å². The maximum atomic E-state index is 12.7. The average molecular weight is 284 g/mol. The van der Waals surface area contributed by atoms with Crippen molar-refractivity contribution >= 4 is 17.3 Å². The van der Waals surface area contributed by atoms with Crippen LogP contribution >= 0.6 is 0 Å². The lowest BCUT2D eigenvalue weighted by Gasteiger charge is -2.19. The third-order valence-corrected chi connectivity index (χ3v) is 3.24. The van der Waals surface area contributed by atoms with Crippen LogP contribution in [0.25, 0.3) is 0 Å². The largest absolute Gasteiger partial charge is 0.385 e. The van der Waals surface area contributed by atoms with Gasteiger partial charge in [0.05, 0.1) is 11.9 Å². The van der Waals surface area contributed by atoms with Crippen LogP contribution in [-0.2, 0) is 0 Å². The van der Waals surface area contributed by atoms with E-state index in [1.165, 1.54) is 0 Å². The van der Waals surface area contributed by atoms with Crippen molar-refractivity contribution in [2.45, 2.75) is 19.8 Å². The molecule has 1 N–H and O–H groups in total. The number of aromatic nitrogens is 2. The molecule has 21 heavy (non-hydrogen) atoms. The fourth-order valence-electron chi connectivity index (χ4n) is 1.95. The first-order valence-corrected chi connectivity index (χ1v) is 6.92. The smallest absolute Gasteiger partial charge is 0.278 e. The van der Waals surface area contributed by atoms with Crippen molar-refractivity contribution in [3.63, 3.8) is 0 Å². The molecule has 0 atom stereocenters. The highest BCUT2D eigenvalue weighted by molar-refractivity contribution is 6.07. The summed E-state index contributed by atoms with van der Waals surface area (Å²) in [4.78, 5) is 23.0. The first kappa shape index (κ1) is 15.0. The van der Waals surface area contributed by atoms with Gasteiger partial charge in [0.2, 0.25) is 0 Å². The molecule has 0 unspecified atom stereocenters. The van der Waals surface area contributed by atoms with E-state index in [1.807, 2.05) is 44.2 Å². The van der Waals surface area contributed by atoms with Gasteiger partial charge in [-0.05, 0) is 12.1 Å². The molecule has 5 heteroatoms. The quantitative estimate of drug-likeness (QED) is 0.938. The molecule has 1 heterocycles. The summed E-state index contributed by atoms with van der Waals surface area (Å²) in [7, 11) is 3.50. The summed E-state index contributed by atoms with van der Waals surface area (Å²) >= 11 is 0. The minimum Gasteiger partial charge on any atom is -0.385 e. The van der Waals surface area contributed by atoms with Crippen molar-refractivity contribution in [3.8, 4) is 0 Å². The van der Waals surface area contributed by atoms with Crippen molar-refractivity contribution in [2.24, 2.45) is 0 Å². The Bertz CT molecular complexity index is 625. The second kappa shape index (κ2) is 6.35. The zero-order chi connectivity index (χ0) is 15.4. The average Bonchev–Trinajstić information content (AvgIpc) is 2.53. The maximum Gasteiger partial charge on any atom is 0.278 e. The number of anilines is 2. The van der Waals surface area contributed by atoms with E-state index >= 15 is 0 Å². The summed E-state index contributed by atoms with van der Waals surface area (Å²) in [5.41, 5.74) is 1.85. The van der Waals surface area contributed by atoms with Crippen molar-refractivity contribution in [2.75, 3.05) is 24.3 Å². The molecule has 0 aliphatic rings. The molecule has 2 rings (SSSR count). The van der Waals surface area contributed by atoms with Crippen molar-refractivity contribution in [3.05, 3.63) is 48.0 Å². The maximum absolute atomic E-state index is 12.7. The number of amides is 1. The molecule has 1 amide bonds. The van der Waals surface area contributed by atoms with Gasteiger partial charge in [-0.15, -0.1) is 0 Å². The summed E-state index contributed by atoms with van der Waals surface area (Å²) in [6.45, 7) is 4.01. The predicted octanol–water partition coefficient (Wildman–Crippen LogP) is 2.92. The Hall–Kier alpha value is -2.43. The molecule has 1 aromatic carbocycles. The standard InChI is InChI=1S/C16H20N4O/c1-11(2)15-18-10-13(17-3)14(19-15)16(21)20(4)12-8-6-5-7-9-12/h5-11,17H,1-4H3.